The summed E-state index contributed by atoms with van der Waals surface area (Å²) >= 11 is 0. The molecule has 1 aromatic heterocycles. The number of hydrogen-bond acceptors (Lipinski definition) is 6. The third-order valence-corrected chi connectivity index (χ3v) is 2.57. The molecule has 1 heterocycles. The van der Waals surface area contributed by atoms with Crippen LogP contribution in [0.4, 0.5) is 11.6 Å². The van der Waals surface area contributed by atoms with E-state index in [4.69, 9.17) is 10.5 Å². The Hall–Kier alpha value is -1.40. The molecule has 102 valence electrons. The van der Waals surface area contributed by atoms with Gasteiger partial charge in [0, 0.05) is 25.8 Å². The number of nitrogens with one attached hydrogen (secondary N) is 1. The lowest BCUT2D eigenvalue weighted by Crippen LogP contribution is -2.25. The van der Waals surface area contributed by atoms with E-state index in [9.17, 15) is 0 Å². The van der Waals surface area contributed by atoms with Gasteiger partial charge in [-0.05, 0) is 20.5 Å². The highest BCUT2D eigenvalue weighted by atomic mass is 16.5. The lowest BCUT2D eigenvalue weighted by molar-refractivity contribution is 0.128. The van der Waals surface area contributed by atoms with Crippen molar-refractivity contribution in [1.29, 1.82) is 0 Å². The van der Waals surface area contributed by atoms with E-state index >= 15 is 0 Å². The summed E-state index contributed by atoms with van der Waals surface area (Å²) in [5, 5.41) is 3.24. The molecule has 0 radical (unpaired) electrons. The Labute approximate surface area is 109 Å². The molecule has 0 amide bonds. The number of nitrogens with zero attached hydrogens (tertiary/aromatic N) is 3. The Bertz CT molecular complexity index is 358. The van der Waals surface area contributed by atoms with Crippen molar-refractivity contribution in [2.45, 2.75) is 20.5 Å². The Morgan fingerprint density at radius 2 is 2.17 bits per heavy atom. The summed E-state index contributed by atoms with van der Waals surface area (Å²) in [6.07, 6.45) is 0. The second-order valence-corrected chi connectivity index (χ2v) is 4.05. The van der Waals surface area contributed by atoms with Crippen molar-refractivity contribution in [2.75, 3.05) is 44.3 Å². The summed E-state index contributed by atoms with van der Waals surface area (Å²) in [6, 6.07) is 1.74. The van der Waals surface area contributed by atoms with Crippen molar-refractivity contribution in [3.8, 4) is 0 Å². The number of likely N-dealkylation sites (N-methyl/N-ethyl adjacent to an activating group) is 1. The van der Waals surface area contributed by atoms with Gasteiger partial charge >= 0.3 is 0 Å². The monoisotopic (exact) mass is 253 g/mol. The van der Waals surface area contributed by atoms with Gasteiger partial charge in [0.25, 0.3) is 0 Å². The highest BCUT2D eigenvalue weighted by Gasteiger charge is 2.03. The van der Waals surface area contributed by atoms with Crippen molar-refractivity contribution in [3.05, 3.63) is 11.9 Å². The van der Waals surface area contributed by atoms with Crippen LogP contribution in [0, 0.1) is 0 Å². The first-order valence-corrected chi connectivity index (χ1v) is 6.29. The Morgan fingerprint density at radius 1 is 1.39 bits per heavy atom. The zero-order valence-electron chi connectivity index (χ0n) is 11.4. The maximum atomic E-state index is 5.73. The van der Waals surface area contributed by atoms with Crippen LogP contribution in [0.5, 0.6) is 0 Å². The molecule has 0 aliphatic rings. The van der Waals surface area contributed by atoms with Gasteiger partial charge < -0.3 is 20.7 Å². The molecule has 0 saturated carbocycles. The molecule has 18 heavy (non-hydrogen) atoms. The van der Waals surface area contributed by atoms with E-state index in [1.54, 1.807) is 6.07 Å². The van der Waals surface area contributed by atoms with Crippen LogP contribution in [-0.4, -0.2) is 48.2 Å². The van der Waals surface area contributed by atoms with Gasteiger partial charge in [-0.2, -0.15) is 0 Å². The number of anilines is 2. The molecule has 1 aromatic rings. The van der Waals surface area contributed by atoms with E-state index in [0.29, 0.717) is 24.9 Å². The first-order valence-electron chi connectivity index (χ1n) is 6.29. The van der Waals surface area contributed by atoms with Crippen LogP contribution >= 0.6 is 0 Å². The molecular weight excluding hydrogens is 230 g/mol. The van der Waals surface area contributed by atoms with Crippen LogP contribution in [-0.2, 0) is 11.3 Å². The van der Waals surface area contributed by atoms with Gasteiger partial charge in [0.2, 0.25) is 0 Å². The SMILES string of the molecule is CCOCc1nc(N)cc(NCCN(C)CC)n1. The highest BCUT2D eigenvalue weighted by molar-refractivity contribution is 5.44. The first-order chi connectivity index (χ1) is 8.65. The molecule has 0 aliphatic carbocycles. The average Bonchev–Trinajstić information content (AvgIpc) is 2.35. The average molecular weight is 253 g/mol. The van der Waals surface area contributed by atoms with Crippen molar-refractivity contribution in [2.24, 2.45) is 0 Å². The van der Waals surface area contributed by atoms with Gasteiger partial charge in [-0.3, -0.25) is 0 Å². The molecule has 3 N–H and O–H groups in total. The van der Waals surface area contributed by atoms with Gasteiger partial charge in [0.1, 0.15) is 18.2 Å². The van der Waals surface area contributed by atoms with Crippen LogP contribution < -0.4 is 11.1 Å². The summed E-state index contributed by atoms with van der Waals surface area (Å²) in [7, 11) is 2.08. The number of nitrogens with two attached hydrogens (primary N) is 1. The molecular formula is C12H23N5O. The van der Waals surface area contributed by atoms with E-state index in [0.717, 1.165) is 25.5 Å². The number of aromatic nitrogens is 2. The van der Waals surface area contributed by atoms with Gasteiger partial charge in [0.15, 0.2) is 5.82 Å². The minimum atomic E-state index is 0.394. The van der Waals surface area contributed by atoms with Crippen LogP contribution in [0.3, 0.4) is 0 Å². The molecule has 6 nitrogen and oxygen atoms in total. The van der Waals surface area contributed by atoms with Crippen molar-refractivity contribution in [3.63, 3.8) is 0 Å². The summed E-state index contributed by atoms with van der Waals surface area (Å²) < 4.78 is 5.27. The molecule has 1 rings (SSSR count). The highest BCUT2D eigenvalue weighted by Crippen LogP contribution is 2.08. The summed E-state index contributed by atoms with van der Waals surface area (Å²) in [6.45, 7) is 7.92. The molecule has 0 unspecified atom stereocenters. The Kier molecular flexibility index (Phi) is 6.38. The fraction of sp³-hybridized carbons (Fsp3) is 0.667. The van der Waals surface area contributed by atoms with Gasteiger partial charge in [-0.25, -0.2) is 9.97 Å². The molecule has 6 heteroatoms. The topological polar surface area (TPSA) is 76.3 Å². The lowest BCUT2D eigenvalue weighted by atomic mass is 10.4. The minimum absolute atomic E-state index is 0.394. The normalized spacial score (nSPS) is 10.9. The molecule has 0 aliphatic heterocycles. The summed E-state index contributed by atoms with van der Waals surface area (Å²) in [4.78, 5) is 10.7. The quantitative estimate of drug-likeness (QED) is 0.718. The number of rotatable bonds is 8. The van der Waals surface area contributed by atoms with Crippen LogP contribution in [0.1, 0.15) is 19.7 Å². The van der Waals surface area contributed by atoms with Crippen molar-refractivity contribution < 1.29 is 4.74 Å². The zero-order valence-corrected chi connectivity index (χ0v) is 11.4. The van der Waals surface area contributed by atoms with Crippen molar-refractivity contribution in [1.82, 2.24) is 14.9 Å². The predicted octanol–water partition coefficient (Wildman–Crippen LogP) is 0.959. The third kappa shape index (κ3) is 5.29. The molecule has 0 saturated heterocycles. The maximum Gasteiger partial charge on any atom is 0.158 e. The van der Waals surface area contributed by atoms with Crippen LogP contribution in [0.2, 0.25) is 0 Å². The van der Waals surface area contributed by atoms with Crippen molar-refractivity contribution >= 4 is 11.6 Å². The third-order valence-electron chi connectivity index (χ3n) is 2.57. The molecule has 0 fully saturated rings. The zero-order chi connectivity index (χ0) is 13.4. The Balaban J connectivity index is 2.51. The van der Waals surface area contributed by atoms with Gasteiger partial charge in [-0.1, -0.05) is 6.92 Å². The largest absolute Gasteiger partial charge is 0.384 e. The van der Waals surface area contributed by atoms with E-state index in [2.05, 4.69) is 34.2 Å². The van der Waals surface area contributed by atoms with Crippen LogP contribution in [0.25, 0.3) is 0 Å². The number of hydrogen-bond donors (Lipinski definition) is 2. The standard InChI is InChI=1S/C12H23N5O/c1-4-17(3)7-6-14-11-8-10(13)15-12(16-11)9-18-5-2/h8H,4-7,9H2,1-3H3,(H3,13,14,15,16). The van der Waals surface area contributed by atoms with E-state index in [1.165, 1.54) is 0 Å². The fourth-order valence-electron chi connectivity index (χ4n) is 1.40. The van der Waals surface area contributed by atoms with Crippen LogP contribution in [0.15, 0.2) is 6.07 Å². The smallest absolute Gasteiger partial charge is 0.158 e. The molecule has 0 spiro atoms. The minimum Gasteiger partial charge on any atom is -0.384 e. The Morgan fingerprint density at radius 3 is 2.83 bits per heavy atom. The predicted molar refractivity (Wildman–Crippen MR) is 73.4 cm³/mol. The summed E-state index contributed by atoms with van der Waals surface area (Å²) in [5.41, 5.74) is 5.73. The second kappa shape index (κ2) is 7.84. The van der Waals surface area contributed by atoms with Gasteiger partial charge in [0.05, 0.1) is 0 Å². The number of ether oxygens (including phenoxy) is 1. The molecule has 0 bridgehead atoms. The lowest BCUT2D eigenvalue weighted by Gasteiger charge is -2.14. The molecule has 0 aromatic carbocycles. The van der Waals surface area contributed by atoms with E-state index in [1.807, 2.05) is 6.92 Å². The van der Waals surface area contributed by atoms with E-state index in [-0.39, 0.29) is 0 Å². The van der Waals surface area contributed by atoms with Gasteiger partial charge in [-0.15, -0.1) is 0 Å². The van der Waals surface area contributed by atoms with E-state index < -0.39 is 0 Å². The first kappa shape index (κ1) is 14.7. The fourth-order valence-corrected chi connectivity index (χ4v) is 1.40. The second-order valence-electron chi connectivity index (χ2n) is 4.05. The maximum absolute atomic E-state index is 5.73. The summed E-state index contributed by atoms with van der Waals surface area (Å²) in [5.74, 6) is 1.83. The number of nitrogen functional groups attached to an aromatic ring is 1. The molecule has 0 atom stereocenters.